The molecule has 0 bridgehead atoms. The summed E-state index contributed by atoms with van der Waals surface area (Å²) in [6.07, 6.45) is 0.692. The van der Waals surface area contributed by atoms with Gasteiger partial charge in [-0.05, 0) is 42.3 Å². The molecule has 7 nitrogen and oxygen atoms in total. The molecule has 3 aromatic carbocycles. The second-order valence-corrected chi connectivity index (χ2v) is 8.87. The largest absolute Gasteiger partial charge is 0.478 e. The van der Waals surface area contributed by atoms with E-state index in [2.05, 4.69) is 10.3 Å². The first-order valence-corrected chi connectivity index (χ1v) is 11.7. The molecule has 8 heteroatoms. The zero-order chi connectivity index (χ0) is 23.9. The van der Waals surface area contributed by atoms with Gasteiger partial charge in [-0.2, -0.15) is 0 Å². The number of amides is 2. The number of carbonyl (C=O) groups excluding carboxylic acids is 2. The highest BCUT2D eigenvalue weighted by Crippen LogP contribution is 2.30. The van der Waals surface area contributed by atoms with Crippen molar-refractivity contribution in [3.63, 3.8) is 0 Å². The van der Waals surface area contributed by atoms with Crippen LogP contribution in [0.5, 0.6) is 0 Å². The predicted molar refractivity (Wildman–Crippen MR) is 133 cm³/mol. The van der Waals surface area contributed by atoms with Crippen molar-refractivity contribution in [2.24, 2.45) is 4.99 Å². The van der Waals surface area contributed by atoms with Gasteiger partial charge in [0.1, 0.15) is 5.25 Å². The van der Waals surface area contributed by atoms with Crippen molar-refractivity contribution in [1.82, 2.24) is 4.90 Å². The van der Waals surface area contributed by atoms with Gasteiger partial charge in [-0.3, -0.25) is 14.5 Å². The minimum Gasteiger partial charge on any atom is -0.478 e. The topological polar surface area (TPSA) is 99.1 Å². The maximum absolute atomic E-state index is 13.1. The number of amidine groups is 1. The second-order valence-electron chi connectivity index (χ2n) is 7.70. The van der Waals surface area contributed by atoms with Crippen molar-refractivity contribution in [2.45, 2.75) is 18.1 Å². The Labute approximate surface area is 201 Å². The Bertz CT molecular complexity index is 1210. The van der Waals surface area contributed by atoms with Gasteiger partial charge in [-0.15, -0.1) is 0 Å². The Balaban J connectivity index is 1.53. The highest BCUT2D eigenvalue weighted by Gasteiger charge is 2.35. The summed E-state index contributed by atoms with van der Waals surface area (Å²) >= 11 is 1.24. The zero-order valence-electron chi connectivity index (χ0n) is 18.3. The molecule has 0 saturated carbocycles. The van der Waals surface area contributed by atoms with Gasteiger partial charge in [-0.1, -0.05) is 66.4 Å². The van der Waals surface area contributed by atoms with E-state index in [1.54, 1.807) is 17.0 Å². The first kappa shape index (κ1) is 23.3. The van der Waals surface area contributed by atoms with Crippen LogP contribution < -0.4 is 5.32 Å². The number of hydrogen-bond acceptors (Lipinski definition) is 5. The number of carboxylic acid groups (broad SMARTS) is 1. The fraction of sp³-hybridized carbons (Fsp3) is 0.154. The summed E-state index contributed by atoms with van der Waals surface area (Å²) in [7, 11) is 0. The van der Waals surface area contributed by atoms with Gasteiger partial charge in [0.05, 0.1) is 11.3 Å². The number of hydrogen-bond donors (Lipinski definition) is 2. The molecule has 1 aliphatic rings. The lowest BCUT2D eigenvalue weighted by Gasteiger charge is -2.32. The minimum atomic E-state index is -1.08. The second kappa shape index (κ2) is 10.8. The standard InChI is InChI=1S/C26H23N3O4S/c30-23-17-22(24(31)27-21-13-7-10-19(16-21)25(32)33)34-26(28-20-11-5-2-6-12-20)29(23)15-14-18-8-3-1-4-9-18/h1-13,16,22H,14-15,17H2,(H,27,31)(H,32,33). The van der Waals surface area contributed by atoms with E-state index >= 15 is 0 Å². The van der Waals surface area contributed by atoms with Crippen molar-refractivity contribution in [3.05, 3.63) is 96.1 Å². The van der Waals surface area contributed by atoms with Crippen LogP contribution in [-0.4, -0.2) is 44.8 Å². The molecule has 1 saturated heterocycles. The van der Waals surface area contributed by atoms with Crippen LogP contribution in [0.2, 0.25) is 0 Å². The molecule has 1 atom stereocenters. The first-order chi connectivity index (χ1) is 16.5. The predicted octanol–water partition coefficient (Wildman–Crippen LogP) is 4.59. The van der Waals surface area contributed by atoms with Gasteiger partial charge in [0, 0.05) is 18.7 Å². The number of aliphatic imine (C=N–C) groups is 1. The normalized spacial score (nSPS) is 16.9. The number of nitrogens with zero attached hydrogens (tertiary/aromatic N) is 2. The van der Waals surface area contributed by atoms with Gasteiger partial charge in [0.15, 0.2) is 5.17 Å². The average molecular weight is 474 g/mol. The van der Waals surface area contributed by atoms with Gasteiger partial charge < -0.3 is 10.4 Å². The maximum atomic E-state index is 13.1. The van der Waals surface area contributed by atoms with E-state index in [4.69, 9.17) is 0 Å². The number of carboxylic acids is 1. The SMILES string of the molecule is O=C(O)c1cccc(NC(=O)C2CC(=O)N(CCc3ccccc3)C(=Nc3ccccc3)S2)c1. The molecular formula is C26H23N3O4S. The first-order valence-electron chi connectivity index (χ1n) is 10.8. The molecule has 2 N–H and O–H groups in total. The minimum absolute atomic E-state index is 0.0255. The molecule has 1 fully saturated rings. The smallest absolute Gasteiger partial charge is 0.335 e. The van der Waals surface area contributed by atoms with Gasteiger partial charge in [0.25, 0.3) is 0 Å². The Morgan fingerprint density at radius 3 is 2.41 bits per heavy atom. The highest BCUT2D eigenvalue weighted by molar-refractivity contribution is 8.15. The van der Waals surface area contributed by atoms with E-state index in [1.807, 2.05) is 60.7 Å². The molecule has 172 valence electrons. The van der Waals surface area contributed by atoms with Crippen molar-refractivity contribution in [2.75, 3.05) is 11.9 Å². The van der Waals surface area contributed by atoms with Crippen molar-refractivity contribution in [1.29, 1.82) is 0 Å². The molecule has 1 aliphatic heterocycles. The third-order valence-corrected chi connectivity index (χ3v) is 6.44. The van der Waals surface area contributed by atoms with Crippen molar-refractivity contribution < 1.29 is 19.5 Å². The van der Waals surface area contributed by atoms with E-state index in [-0.39, 0.29) is 23.8 Å². The number of anilines is 1. The number of thioether (sulfide) groups is 1. The maximum Gasteiger partial charge on any atom is 0.335 e. The van der Waals surface area contributed by atoms with Crippen LogP contribution in [0.25, 0.3) is 0 Å². The monoisotopic (exact) mass is 473 g/mol. The van der Waals surface area contributed by atoms with E-state index in [9.17, 15) is 19.5 Å². The van der Waals surface area contributed by atoms with Crippen LogP contribution in [0.4, 0.5) is 11.4 Å². The highest BCUT2D eigenvalue weighted by atomic mass is 32.2. The number of aromatic carboxylic acids is 1. The number of benzene rings is 3. The lowest BCUT2D eigenvalue weighted by atomic mass is 10.1. The molecule has 0 radical (unpaired) electrons. The molecule has 4 rings (SSSR count). The molecule has 1 unspecified atom stereocenters. The van der Waals surface area contributed by atoms with Crippen LogP contribution in [0, 0.1) is 0 Å². The van der Waals surface area contributed by atoms with Crippen molar-refractivity contribution >= 4 is 46.1 Å². The molecule has 2 amide bonds. The Kier molecular flexibility index (Phi) is 7.39. The summed E-state index contributed by atoms with van der Waals surface area (Å²) in [4.78, 5) is 43.6. The van der Waals surface area contributed by atoms with Gasteiger partial charge in [-0.25, -0.2) is 9.79 Å². The summed E-state index contributed by atoms with van der Waals surface area (Å²) in [5.74, 6) is -1.63. The Morgan fingerprint density at radius 1 is 1.00 bits per heavy atom. The summed E-state index contributed by atoms with van der Waals surface area (Å²) in [5.41, 5.74) is 2.24. The quantitative estimate of drug-likeness (QED) is 0.523. The van der Waals surface area contributed by atoms with E-state index in [0.717, 1.165) is 5.56 Å². The molecule has 0 aromatic heterocycles. The third kappa shape index (κ3) is 5.90. The van der Waals surface area contributed by atoms with Crippen LogP contribution in [-0.2, 0) is 16.0 Å². The Hall–Kier alpha value is -3.91. The third-order valence-electron chi connectivity index (χ3n) is 5.26. The fourth-order valence-corrected chi connectivity index (χ4v) is 4.64. The van der Waals surface area contributed by atoms with Crippen LogP contribution in [0.15, 0.2) is 89.9 Å². The number of carbonyl (C=O) groups is 3. The number of nitrogens with one attached hydrogen (secondary N) is 1. The number of rotatable bonds is 7. The molecule has 0 spiro atoms. The fourth-order valence-electron chi connectivity index (χ4n) is 3.51. The van der Waals surface area contributed by atoms with Gasteiger partial charge >= 0.3 is 5.97 Å². The zero-order valence-corrected chi connectivity index (χ0v) is 19.1. The summed E-state index contributed by atoms with van der Waals surface area (Å²) < 4.78 is 0. The van der Waals surface area contributed by atoms with Crippen LogP contribution in [0.3, 0.4) is 0 Å². The molecule has 3 aromatic rings. The van der Waals surface area contributed by atoms with Crippen molar-refractivity contribution in [3.8, 4) is 0 Å². The van der Waals surface area contributed by atoms with Crippen LogP contribution >= 0.6 is 11.8 Å². The average Bonchev–Trinajstić information content (AvgIpc) is 2.85. The van der Waals surface area contributed by atoms with Crippen LogP contribution in [0.1, 0.15) is 22.3 Å². The van der Waals surface area contributed by atoms with E-state index < -0.39 is 11.2 Å². The van der Waals surface area contributed by atoms with Gasteiger partial charge in [0.2, 0.25) is 11.8 Å². The lowest BCUT2D eigenvalue weighted by Crippen LogP contribution is -2.46. The molecule has 34 heavy (non-hydrogen) atoms. The lowest BCUT2D eigenvalue weighted by molar-refractivity contribution is -0.129. The van der Waals surface area contributed by atoms with E-state index in [0.29, 0.717) is 29.5 Å². The summed E-state index contributed by atoms with van der Waals surface area (Å²) in [6.45, 7) is 0.455. The molecule has 0 aliphatic carbocycles. The number of para-hydroxylation sites is 1. The molecular weight excluding hydrogens is 450 g/mol. The molecule has 1 heterocycles. The van der Waals surface area contributed by atoms with E-state index in [1.165, 1.54) is 23.9 Å². The summed E-state index contributed by atoms with van der Waals surface area (Å²) in [5, 5.41) is 11.7. The summed E-state index contributed by atoms with van der Waals surface area (Å²) in [6, 6.07) is 25.2. The Morgan fingerprint density at radius 2 is 1.71 bits per heavy atom.